The van der Waals surface area contributed by atoms with Gasteiger partial charge >= 0.3 is 17.5 Å². The molecule has 1 saturated heterocycles. The van der Waals surface area contributed by atoms with Crippen molar-refractivity contribution in [2.75, 3.05) is 32.2 Å². The summed E-state index contributed by atoms with van der Waals surface area (Å²) in [6.45, 7) is 1.17. The maximum Gasteiger partial charge on any atom is 0.313 e. The summed E-state index contributed by atoms with van der Waals surface area (Å²) >= 11 is 0. The number of nitrogens with zero attached hydrogens (tertiary/aromatic N) is 1. The van der Waals surface area contributed by atoms with Gasteiger partial charge in [-0.2, -0.15) is 4.39 Å². The van der Waals surface area contributed by atoms with Gasteiger partial charge < -0.3 is 20.1 Å². The molecule has 1 aliphatic heterocycles. The zero-order valence-corrected chi connectivity index (χ0v) is 16.9. The molecule has 0 unspecified atom stereocenters. The summed E-state index contributed by atoms with van der Waals surface area (Å²) in [7, 11) is 1.57. The fourth-order valence-corrected chi connectivity index (χ4v) is 3.63. The van der Waals surface area contributed by atoms with E-state index in [2.05, 4.69) is 10.6 Å². The van der Waals surface area contributed by atoms with E-state index in [0.717, 1.165) is 23.8 Å². The number of ether oxygens (including phenoxy) is 2. The number of halogens is 1. The van der Waals surface area contributed by atoms with Crippen LogP contribution in [0.15, 0.2) is 42.5 Å². The summed E-state index contributed by atoms with van der Waals surface area (Å²) < 4.78 is 24.4. The molecule has 3 rings (SSSR count). The zero-order valence-electron chi connectivity index (χ0n) is 16.9. The van der Waals surface area contributed by atoms with Gasteiger partial charge in [-0.25, -0.2) is 0 Å². The third-order valence-corrected chi connectivity index (χ3v) is 5.32. The molecule has 2 amide bonds. The minimum Gasteiger partial charge on any atom is -0.496 e. The highest BCUT2D eigenvalue weighted by molar-refractivity contribution is 6.39. The minimum absolute atomic E-state index is 0.0567. The molecule has 1 aliphatic rings. The first-order chi connectivity index (χ1) is 14.9. The molecule has 2 aromatic carbocycles. The van der Waals surface area contributed by atoms with Crippen molar-refractivity contribution in [2.24, 2.45) is 0 Å². The van der Waals surface area contributed by atoms with Gasteiger partial charge in [0.2, 0.25) is 5.82 Å². The van der Waals surface area contributed by atoms with E-state index in [1.807, 2.05) is 24.3 Å². The number of anilines is 1. The Balaban J connectivity index is 1.72. The van der Waals surface area contributed by atoms with Gasteiger partial charge in [-0.05, 0) is 31.0 Å². The Morgan fingerprint density at radius 1 is 1.19 bits per heavy atom. The first kappa shape index (κ1) is 22.2. The molecule has 0 spiro atoms. The van der Waals surface area contributed by atoms with Gasteiger partial charge in [-0.15, -0.1) is 0 Å². The van der Waals surface area contributed by atoms with E-state index in [0.29, 0.717) is 31.8 Å². The van der Waals surface area contributed by atoms with Crippen molar-refractivity contribution in [3.05, 3.63) is 64.0 Å². The van der Waals surface area contributed by atoms with Gasteiger partial charge in [0, 0.05) is 42.5 Å². The van der Waals surface area contributed by atoms with Crippen LogP contribution in [0.4, 0.5) is 15.8 Å². The van der Waals surface area contributed by atoms with Crippen LogP contribution in [-0.4, -0.2) is 43.6 Å². The molecule has 0 saturated carbocycles. The third-order valence-electron chi connectivity index (χ3n) is 5.32. The number of hydrogen-bond acceptors (Lipinski definition) is 6. The Kier molecular flexibility index (Phi) is 6.81. The average Bonchev–Trinajstić information content (AvgIpc) is 2.79. The van der Waals surface area contributed by atoms with Crippen molar-refractivity contribution in [1.82, 2.24) is 5.32 Å². The number of nitrogens with one attached hydrogen (secondary N) is 2. The number of nitro benzene ring substituents is 1. The van der Waals surface area contributed by atoms with Crippen LogP contribution in [0.25, 0.3) is 0 Å². The van der Waals surface area contributed by atoms with Crippen LogP contribution in [0, 0.1) is 15.9 Å². The molecule has 10 heteroatoms. The lowest BCUT2D eigenvalue weighted by Crippen LogP contribution is -2.47. The Morgan fingerprint density at radius 2 is 1.90 bits per heavy atom. The number of carbonyl (C=O) groups is 2. The number of hydrogen-bond donors (Lipinski definition) is 2. The van der Waals surface area contributed by atoms with Crippen LogP contribution in [0.5, 0.6) is 5.75 Å². The predicted octanol–water partition coefficient (Wildman–Crippen LogP) is 2.55. The molecule has 9 nitrogen and oxygen atoms in total. The number of nitro groups is 1. The molecule has 0 aliphatic carbocycles. The Bertz CT molecular complexity index is 991. The van der Waals surface area contributed by atoms with Crippen LogP contribution < -0.4 is 15.4 Å². The van der Waals surface area contributed by atoms with E-state index >= 15 is 0 Å². The number of para-hydroxylation sites is 1. The van der Waals surface area contributed by atoms with Crippen molar-refractivity contribution >= 4 is 23.2 Å². The first-order valence-corrected chi connectivity index (χ1v) is 9.61. The van der Waals surface area contributed by atoms with Crippen molar-refractivity contribution in [3.63, 3.8) is 0 Å². The topological polar surface area (TPSA) is 120 Å². The molecule has 0 atom stereocenters. The number of benzene rings is 2. The summed E-state index contributed by atoms with van der Waals surface area (Å²) in [5, 5.41) is 15.7. The molecule has 2 aromatic rings. The molecule has 2 N–H and O–H groups in total. The maximum atomic E-state index is 13.5. The van der Waals surface area contributed by atoms with Crippen LogP contribution in [0.3, 0.4) is 0 Å². The average molecular weight is 431 g/mol. The molecular formula is C21H22FN3O6. The SMILES string of the molecule is COc1ccccc1C1(CNC(=O)C(=O)Nc2ccc(F)c([N+](=O)[O-])c2)CCOCC1. The second-order valence-corrected chi connectivity index (χ2v) is 7.15. The highest BCUT2D eigenvalue weighted by atomic mass is 19.1. The van der Waals surface area contributed by atoms with Crippen molar-refractivity contribution in [3.8, 4) is 5.75 Å². The molecule has 0 aromatic heterocycles. The van der Waals surface area contributed by atoms with E-state index in [9.17, 15) is 24.1 Å². The standard InChI is InChI=1S/C21H22FN3O6/c1-30-18-5-3-2-4-15(18)21(8-10-31-11-9-21)13-23-19(26)20(27)24-14-6-7-16(22)17(12-14)25(28)29/h2-7,12H,8-11,13H2,1H3,(H,23,26)(H,24,27). The fraction of sp³-hybridized carbons (Fsp3) is 0.333. The number of rotatable bonds is 6. The number of carbonyl (C=O) groups excluding carboxylic acids is 2. The van der Waals surface area contributed by atoms with E-state index in [1.54, 1.807) is 7.11 Å². The monoisotopic (exact) mass is 431 g/mol. The van der Waals surface area contributed by atoms with Crippen molar-refractivity contribution < 1.29 is 28.4 Å². The lowest BCUT2D eigenvalue weighted by Gasteiger charge is -2.38. The maximum absolute atomic E-state index is 13.5. The largest absolute Gasteiger partial charge is 0.496 e. The summed E-state index contributed by atoms with van der Waals surface area (Å²) in [6.07, 6.45) is 1.25. The van der Waals surface area contributed by atoms with Gasteiger partial charge in [0.25, 0.3) is 0 Å². The predicted molar refractivity (Wildman–Crippen MR) is 109 cm³/mol. The van der Waals surface area contributed by atoms with Crippen molar-refractivity contribution in [1.29, 1.82) is 0 Å². The second kappa shape index (κ2) is 9.52. The molecule has 164 valence electrons. The van der Waals surface area contributed by atoms with Crippen LogP contribution >= 0.6 is 0 Å². The lowest BCUT2D eigenvalue weighted by molar-refractivity contribution is -0.387. The van der Waals surface area contributed by atoms with Crippen LogP contribution in [-0.2, 0) is 19.7 Å². The summed E-state index contributed by atoms with van der Waals surface area (Å²) in [6, 6.07) is 10.3. The molecule has 0 radical (unpaired) electrons. The Morgan fingerprint density at radius 3 is 2.58 bits per heavy atom. The zero-order chi connectivity index (χ0) is 22.4. The molecule has 1 heterocycles. The van der Waals surface area contributed by atoms with Gasteiger partial charge in [0.15, 0.2) is 0 Å². The van der Waals surface area contributed by atoms with Gasteiger partial charge in [-0.1, -0.05) is 18.2 Å². The molecule has 0 bridgehead atoms. The molecular weight excluding hydrogens is 409 g/mol. The van der Waals surface area contributed by atoms with Gasteiger partial charge in [-0.3, -0.25) is 19.7 Å². The Labute approximate surface area is 177 Å². The number of methoxy groups -OCH3 is 1. The van der Waals surface area contributed by atoms with Gasteiger partial charge in [0.1, 0.15) is 5.75 Å². The quantitative estimate of drug-likeness (QED) is 0.412. The van der Waals surface area contributed by atoms with Crippen molar-refractivity contribution in [2.45, 2.75) is 18.3 Å². The normalized spacial score (nSPS) is 15.0. The van der Waals surface area contributed by atoms with Crippen LogP contribution in [0.2, 0.25) is 0 Å². The lowest BCUT2D eigenvalue weighted by atomic mass is 9.73. The summed E-state index contributed by atoms with van der Waals surface area (Å²) in [4.78, 5) is 34.6. The van der Waals surface area contributed by atoms with E-state index in [1.165, 1.54) is 0 Å². The smallest absolute Gasteiger partial charge is 0.313 e. The van der Waals surface area contributed by atoms with Gasteiger partial charge in [0.05, 0.1) is 12.0 Å². The first-order valence-electron chi connectivity index (χ1n) is 9.61. The van der Waals surface area contributed by atoms with E-state index in [4.69, 9.17) is 9.47 Å². The fourth-order valence-electron chi connectivity index (χ4n) is 3.63. The highest BCUT2D eigenvalue weighted by Crippen LogP contribution is 2.39. The van der Waals surface area contributed by atoms with E-state index in [-0.39, 0.29) is 12.2 Å². The minimum atomic E-state index is -1.04. The second-order valence-electron chi connectivity index (χ2n) is 7.15. The van der Waals surface area contributed by atoms with Crippen LogP contribution in [0.1, 0.15) is 18.4 Å². The summed E-state index contributed by atoms with van der Waals surface area (Å²) in [5.74, 6) is -2.27. The summed E-state index contributed by atoms with van der Waals surface area (Å²) in [5.41, 5.74) is -0.417. The third kappa shape index (κ3) is 4.97. The highest BCUT2D eigenvalue weighted by Gasteiger charge is 2.37. The Hall–Kier alpha value is -3.53. The number of amides is 2. The molecule has 31 heavy (non-hydrogen) atoms. The molecule has 1 fully saturated rings. The van der Waals surface area contributed by atoms with E-state index < -0.39 is 33.7 Å².